The number of rotatable bonds is 2. The summed E-state index contributed by atoms with van der Waals surface area (Å²) in [7, 11) is 0. The molecule has 124 valence electrons. The van der Waals surface area contributed by atoms with Gasteiger partial charge >= 0.3 is 6.03 Å². The summed E-state index contributed by atoms with van der Waals surface area (Å²) in [6.07, 6.45) is 7.83. The van der Waals surface area contributed by atoms with Gasteiger partial charge in [-0.3, -0.25) is 10.1 Å². The highest BCUT2D eigenvalue weighted by atomic mass is 35.5. The first-order valence-electron chi connectivity index (χ1n) is 7.98. The minimum absolute atomic E-state index is 0. The Labute approximate surface area is 137 Å². The van der Waals surface area contributed by atoms with Gasteiger partial charge in [-0.1, -0.05) is 12.2 Å². The van der Waals surface area contributed by atoms with E-state index in [0.29, 0.717) is 0 Å². The second-order valence-electron chi connectivity index (χ2n) is 6.06. The number of amides is 3. The van der Waals surface area contributed by atoms with E-state index in [1.165, 1.54) is 0 Å². The van der Waals surface area contributed by atoms with Crippen molar-refractivity contribution in [2.75, 3.05) is 32.7 Å². The van der Waals surface area contributed by atoms with Gasteiger partial charge < -0.3 is 15.1 Å². The molecule has 3 aliphatic heterocycles. The molecule has 3 rings (SSSR count). The van der Waals surface area contributed by atoms with Crippen LogP contribution in [-0.2, 0) is 4.79 Å². The van der Waals surface area contributed by atoms with Gasteiger partial charge in [0.2, 0.25) is 5.91 Å². The van der Waals surface area contributed by atoms with Crippen molar-refractivity contribution < 1.29 is 9.59 Å². The molecular formula is C15H25ClN4O2. The van der Waals surface area contributed by atoms with Gasteiger partial charge in [0.05, 0.1) is 0 Å². The van der Waals surface area contributed by atoms with Gasteiger partial charge in [-0.15, -0.1) is 12.4 Å². The van der Waals surface area contributed by atoms with Crippen LogP contribution in [0, 0.1) is 0 Å². The van der Waals surface area contributed by atoms with Crippen LogP contribution in [0.15, 0.2) is 12.2 Å². The summed E-state index contributed by atoms with van der Waals surface area (Å²) >= 11 is 0. The smallest absolute Gasteiger partial charge is 0.319 e. The first-order valence-corrected chi connectivity index (χ1v) is 7.98. The van der Waals surface area contributed by atoms with E-state index in [-0.39, 0.29) is 36.4 Å². The molecule has 0 aromatic rings. The second kappa shape index (κ2) is 7.83. The first-order chi connectivity index (χ1) is 10.2. The molecule has 6 nitrogen and oxygen atoms in total. The Hall–Kier alpha value is -1.27. The fraction of sp³-hybridized carbons (Fsp3) is 0.733. The lowest BCUT2D eigenvalue weighted by molar-refractivity contribution is -0.122. The van der Waals surface area contributed by atoms with Gasteiger partial charge in [-0.05, 0) is 25.7 Å². The molecule has 1 unspecified atom stereocenters. The molecule has 3 amide bonds. The van der Waals surface area contributed by atoms with E-state index in [1.807, 2.05) is 22.0 Å². The minimum Gasteiger partial charge on any atom is -0.352 e. The summed E-state index contributed by atoms with van der Waals surface area (Å²) < 4.78 is 0. The van der Waals surface area contributed by atoms with Crippen LogP contribution in [0.25, 0.3) is 0 Å². The first kappa shape index (κ1) is 17.1. The fourth-order valence-electron chi connectivity index (χ4n) is 3.26. The molecule has 0 spiro atoms. The molecule has 1 atom stereocenters. The quantitative estimate of drug-likeness (QED) is 0.735. The Morgan fingerprint density at radius 2 is 1.68 bits per heavy atom. The number of nitrogens with one attached hydrogen (secondary N) is 2. The molecule has 22 heavy (non-hydrogen) atoms. The Morgan fingerprint density at radius 1 is 1.05 bits per heavy atom. The van der Waals surface area contributed by atoms with Crippen LogP contribution in [0.2, 0.25) is 0 Å². The number of hydrogen-bond donors (Lipinski definition) is 2. The van der Waals surface area contributed by atoms with Crippen LogP contribution in [0.1, 0.15) is 25.7 Å². The van der Waals surface area contributed by atoms with Crippen molar-refractivity contribution in [2.45, 2.75) is 37.8 Å². The van der Waals surface area contributed by atoms with E-state index in [4.69, 9.17) is 0 Å². The van der Waals surface area contributed by atoms with Crippen LogP contribution in [0.5, 0.6) is 0 Å². The zero-order valence-corrected chi connectivity index (χ0v) is 13.6. The van der Waals surface area contributed by atoms with Crippen molar-refractivity contribution in [2.24, 2.45) is 0 Å². The Morgan fingerprint density at radius 3 is 2.27 bits per heavy atom. The SMILES string of the molecule is Cl.O=C(NC1CCN(C(=O)N2CCCC2)CC1)C1C=CCN1. The minimum atomic E-state index is -0.186. The average molecular weight is 329 g/mol. The maximum Gasteiger partial charge on any atom is 0.319 e. The van der Waals surface area contributed by atoms with Crippen molar-refractivity contribution in [3.8, 4) is 0 Å². The molecule has 2 saturated heterocycles. The van der Waals surface area contributed by atoms with Crippen LogP contribution >= 0.6 is 12.4 Å². The van der Waals surface area contributed by atoms with Crippen LogP contribution in [0.4, 0.5) is 4.79 Å². The maximum atomic E-state index is 12.3. The topological polar surface area (TPSA) is 64.7 Å². The number of halogens is 1. The van der Waals surface area contributed by atoms with Gasteiger partial charge in [-0.2, -0.15) is 0 Å². The summed E-state index contributed by atoms with van der Waals surface area (Å²) in [5, 5.41) is 6.20. The summed E-state index contributed by atoms with van der Waals surface area (Å²) in [5.41, 5.74) is 0. The lowest BCUT2D eigenvalue weighted by Crippen LogP contribution is -2.52. The zero-order valence-electron chi connectivity index (χ0n) is 12.8. The van der Waals surface area contributed by atoms with Crippen molar-refractivity contribution in [3.63, 3.8) is 0 Å². The lowest BCUT2D eigenvalue weighted by Gasteiger charge is -2.35. The van der Waals surface area contributed by atoms with Gasteiger partial charge in [-0.25, -0.2) is 4.79 Å². The van der Waals surface area contributed by atoms with Gasteiger partial charge in [0, 0.05) is 38.8 Å². The maximum absolute atomic E-state index is 12.3. The number of carbonyl (C=O) groups is 2. The third-order valence-corrected chi connectivity index (χ3v) is 4.56. The summed E-state index contributed by atoms with van der Waals surface area (Å²) in [5.74, 6) is 0.0491. The molecule has 0 aliphatic carbocycles. The number of carbonyl (C=O) groups excluding carboxylic acids is 2. The number of urea groups is 1. The Kier molecular flexibility index (Phi) is 6.08. The molecule has 2 N–H and O–H groups in total. The Balaban J connectivity index is 0.00000176. The normalized spacial score (nSPS) is 25.2. The van der Waals surface area contributed by atoms with E-state index in [1.54, 1.807) is 0 Å². The van der Waals surface area contributed by atoms with Gasteiger partial charge in [0.1, 0.15) is 6.04 Å². The van der Waals surface area contributed by atoms with E-state index in [9.17, 15) is 9.59 Å². The predicted octanol–water partition coefficient (Wildman–Crippen LogP) is 0.733. The van der Waals surface area contributed by atoms with Crippen LogP contribution in [0.3, 0.4) is 0 Å². The molecule has 3 aliphatic rings. The third-order valence-electron chi connectivity index (χ3n) is 4.56. The average Bonchev–Trinajstić information content (AvgIpc) is 3.20. The molecule has 0 radical (unpaired) electrons. The highest BCUT2D eigenvalue weighted by Crippen LogP contribution is 2.16. The number of nitrogens with zero attached hydrogens (tertiary/aromatic N) is 2. The summed E-state index contributed by atoms with van der Waals surface area (Å²) in [4.78, 5) is 28.2. The van der Waals surface area contributed by atoms with E-state index in [0.717, 1.165) is 58.4 Å². The molecule has 3 heterocycles. The highest BCUT2D eigenvalue weighted by Gasteiger charge is 2.29. The van der Waals surface area contributed by atoms with Crippen molar-refractivity contribution in [1.29, 1.82) is 0 Å². The van der Waals surface area contributed by atoms with Crippen molar-refractivity contribution in [1.82, 2.24) is 20.4 Å². The largest absolute Gasteiger partial charge is 0.352 e. The summed E-state index contributed by atoms with van der Waals surface area (Å²) in [6.45, 7) is 4.05. The predicted molar refractivity (Wildman–Crippen MR) is 87.1 cm³/mol. The van der Waals surface area contributed by atoms with Crippen molar-refractivity contribution >= 4 is 24.3 Å². The molecular weight excluding hydrogens is 304 g/mol. The van der Waals surface area contributed by atoms with Crippen LogP contribution < -0.4 is 10.6 Å². The lowest BCUT2D eigenvalue weighted by atomic mass is 10.0. The molecule has 0 aromatic heterocycles. The summed E-state index contributed by atoms with van der Waals surface area (Å²) in [6, 6.07) is 0.183. The van der Waals surface area contributed by atoms with Crippen molar-refractivity contribution in [3.05, 3.63) is 12.2 Å². The van der Waals surface area contributed by atoms with E-state index in [2.05, 4.69) is 10.6 Å². The van der Waals surface area contributed by atoms with Gasteiger partial charge in [0.15, 0.2) is 0 Å². The highest BCUT2D eigenvalue weighted by molar-refractivity contribution is 5.85. The molecule has 0 bridgehead atoms. The second-order valence-corrected chi connectivity index (χ2v) is 6.06. The number of likely N-dealkylation sites (tertiary alicyclic amines) is 2. The van der Waals surface area contributed by atoms with Gasteiger partial charge in [0.25, 0.3) is 0 Å². The molecule has 2 fully saturated rings. The van der Waals surface area contributed by atoms with E-state index >= 15 is 0 Å². The Bertz CT molecular complexity index is 429. The monoisotopic (exact) mass is 328 g/mol. The standard InChI is InChI=1S/C15H24N4O2.ClH/c20-14(13-4-3-7-16-13)17-12-5-10-19(11-6-12)15(21)18-8-1-2-9-18;/h3-4,12-13,16H,1-2,5-11H2,(H,17,20);1H. The fourth-order valence-corrected chi connectivity index (χ4v) is 3.26. The number of piperidine rings is 1. The van der Waals surface area contributed by atoms with Crippen LogP contribution in [-0.4, -0.2) is 66.5 Å². The third kappa shape index (κ3) is 3.93. The molecule has 7 heteroatoms. The zero-order chi connectivity index (χ0) is 14.7. The molecule has 0 saturated carbocycles. The van der Waals surface area contributed by atoms with E-state index < -0.39 is 0 Å². The number of hydrogen-bond acceptors (Lipinski definition) is 3. The molecule has 0 aromatic carbocycles.